The minimum Gasteiger partial charge on any atom is -0.120 e. The Morgan fingerprint density at radius 1 is 1.60 bits per heavy atom. The van der Waals surface area contributed by atoms with Crippen molar-refractivity contribution in [3.05, 3.63) is 0 Å². The summed E-state index contributed by atoms with van der Waals surface area (Å²) in [5.41, 5.74) is 0. The largest absolute Gasteiger partial charge is 0.120 e. The fourth-order valence-electron chi connectivity index (χ4n) is 0. The number of hydrogen-bond acceptors (Lipinski definition) is 0. The van der Waals surface area contributed by atoms with Gasteiger partial charge in [-0.3, -0.25) is 0 Å². The van der Waals surface area contributed by atoms with Crippen LogP contribution >= 0.6 is 37.2 Å². The van der Waals surface area contributed by atoms with Crippen LogP contribution in [-0.2, 0) is 0 Å². The molecule has 0 atom stereocenters. The van der Waals surface area contributed by atoms with Crippen molar-refractivity contribution in [2.24, 2.45) is 0 Å². The third-order valence-electron chi connectivity index (χ3n) is 0. The summed E-state index contributed by atoms with van der Waals surface area (Å²) in [6.07, 6.45) is 4.60. The first-order chi connectivity index (χ1) is 2.41. The van der Waals surface area contributed by atoms with Crippen molar-refractivity contribution in [3.63, 3.8) is 0 Å². The van der Waals surface area contributed by atoms with Crippen LogP contribution in [0.5, 0.6) is 0 Å². The van der Waals surface area contributed by atoms with Crippen LogP contribution in [-0.4, -0.2) is 0 Å². The molecule has 0 N–H and O–H groups in total. The highest BCUT2D eigenvalue weighted by Gasteiger charge is 1.09. The molecule has 0 aromatic carbocycles. The lowest BCUT2D eigenvalue weighted by Crippen LogP contribution is -1.10. The van der Waals surface area contributed by atoms with Crippen molar-refractivity contribution in [2.45, 2.75) is 6.92 Å². The first-order valence-electron chi connectivity index (χ1n) is 0.932. The number of halogens is 2. The van der Waals surface area contributed by atoms with E-state index in [0.717, 1.165) is 0 Å². The fourth-order valence-corrected chi connectivity index (χ4v) is 0. The molecule has 0 fully saturated rings. The lowest BCUT2D eigenvalue weighted by atomic mass is 10.9. The smallest absolute Gasteiger partial charge is 0 e. The quantitative estimate of drug-likeness (QED) is 0.475. The molecule has 0 heterocycles. The van der Waals surface area contributed by atoms with Crippen LogP contribution in [0.1, 0.15) is 6.92 Å². The topological polar surface area (TPSA) is 0 Å². The second kappa shape index (κ2) is 19.9. The lowest BCUT2D eigenvalue weighted by Gasteiger charge is -1.23. The van der Waals surface area contributed by atoms with Gasteiger partial charge in [-0.2, -0.15) is 0 Å². The highest BCUT2D eigenvalue weighted by molar-refractivity contribution is 15.0. The van der Waals surface area contributed by atoms with Gasteiger partial charge in [-0.05, 0) is 6.92 Å². The van der Waals surface area contributed by atoms with Crippen molar-refractivity contribution in [1.29, 1.82) is 0 Å². The van der Waals surface area contributed by atoms with Gasteiger partial charge in [0.1, 0.15) is 0 Å². The van der Waals surface area contributed by atoms with E-state index >= 15 is 0 Å². The molecule has 0 saturated carbocycles. The van der Waals surface area contributed by atoms with E-state index in [0.29, 0.717) is 0 Å². The zero-order chi connectivity index (χ0) is 4.71. The predicted molar refractivity (Wildman–Crippen MR) is 42.5 cm³/mol. The van der Waals surface area contributed by atoms with E-state index in [1.807, 2.05) is 0 Å². The first kappa shape index (κ1) is 9.39. The van der Waals surface area contributed by atoms with Crippen LogP contribution in [0.3, 0.4) is 0 Å². The minimum absolute atomic E-state index is 1.65. The summed E-state index contributed by atoms with van der Waals surface area (Å²) >= 11 is 4.24. The monoisotopic (exact) mass is 294 g/mol. The van der Waals surface area contributed by atoms with Gasteiger partial charge in [0.2, 0.25) is 0 Å². The molecule has 0 bridgehead atoms. The lowest BCUT2D eigenvalue weighted by molar-refractivity contribution is 1.94. The van der Waals surface area contributed by atoms with Gasteiger partial charge in [0.25, 0.3) is 0 Å². The summed E-state index contributed by atoms with van der Waals surface area (Å²) in [5, 5.41) is 0. The molecule has 0 rings (SSSR count). The second-order valence-corrected chi connectivity index (χ2v) is 0.289. The molecular formula is C3H4I2. The van der Waals surface area contributed by atoms with Crippen molar-refractivity contribution < 1.29 is 0 Å². The Kier molecular flexibility index (Phi) is 37.3. The van der Waals surface area contributed by atoms with Crippen LogP contribution in [0.2, 0.25) is 0 Å². The molecule has 0 unspecified atom stereocenters. The molecule has 0 amide bonds. The first-order valence-corrected chi connectivity index (χ1v) is 7.22. The maximum absolute atomic E-state index is 4.60. The summed E-state index contributed by atoms with van der Waals surface area (Å²) in [4.78, 5) is 0. The van der Waals surface area contributed by atoms with Crippen molar-refractivity contribution in [2.75, 3.05) is 0 Å². The summed E-state index contributed by atoms with van der Waals surface area (Å²) in [6.45, 7) is 1.65. The van der Waals surface area contributed by atoms with Crippen molar-refractivity contribution >= 4 is 37.2 Å². The van der Waals surface area contributed by atoms with Crippen LogP contribution in [0.15, 0.2) is 0 Å². The molecule has 0 aliphatic carbocycles. The molecule has 0 nitrogen and oxygen atoms in total. The predicted octanol–water partition coefficient (Wildman–Crippen LogP) is 2.41. The Hall–Kier alpha value is 1.02. The number of terminal acetylenes is 1. The molecule has 0 aromatic rings. The maximum Gasteiger partial charge on any atom is 0 e. The molecule has 0 saturated heterocycles. The highest BCUT2D eigenvalue weighted by atomic mass is 128. The highest BCUT2D eigenvalue weighted by Crippen LogP contribution is 1.89. The van der Waals surface area contributed by atoms with Gasteiger partial charge in [-0.15, -0.1) is 12.3 Å². The van der Waals surface area contributed by atoms with Crippen molar-refractivity contribution in [3.8, 4) is 12.3 Å². The molecule has 0 spiro atoms. The van der Waals surface area contributed by atoms with Crippen LogP contribution in [0.25, 0.3) is 0 Å². The zero-order valence-electron chi connectivity index (χ0n) is 2.83. The average Bonchev–Trinajstić information content (AvgIpc) is 1.46. The number of rotatable bonds is 0. The van der Waals surface area contributed by atoms with E-state index in [9.17, 15) is 0 Å². The molecule has 0 aliphatic heterocycles. The molecule has 2 heteroatoms. The van der Waals surface area contributed by atoms with E-state index in [1.165, 1.54) is 0 Å². The van der Waals surface area contributed by atoms with E-state index in [-0.39, 0.29) is 0 Å². The van der Waals surface area contributed by atoms with Gasteiger partial charge in [0.15, 0.2) is 0 Å². The van der Waals surface area contributed by atoms with Gasteiger partial charge in [-0.25, -0.2) is 0 Å². The SMILES string of the molecule is C#CC.II. The Morgan fingerprint density at radius 3 is 1.60 bits per heavy atom. The van der Waals surface area contributed by atoms with Gasteiger partial charge in [0, 0.05) is 37.2 Å². The standard InChI is InChI=1S/C3H4.I2/c1-3-2;1-2/h1H,2H3;. The summed E-state index contributed by atoms with van der Waals surface area (Å²) < 4.78 is 0. The Bertz CT molecular complexity index is 26.4. The van der Waals surface area contributed by atoms with Crippen LogP contribution < -0.4 is 0 Å². The number of hydrogen-bond donors (Lipinski definition) is 0. The third kappa shape index (κ3) is 44.0. The minimum atomic E-state index is 1.65. The van der Waals surface area contributed by atoms with E-state index < -0.39 is 0 Å². The van der Waals surface area contributed by atoms with Crippen LogP contribution in [0, 0.1) is 12.3 Å². The molecular weight excluding hydrogens is 290 g/mol. The van der Waals surface area contributed by atoms with Gasteiger partial charge in [0.05, 0.1) is 0 Å². The Morgan fingerprint density at radius 2 is 1.60 bits per heavy atom. The summed E-state index contributed by atoms with van der Waals surface area (Å²) in [6, 6.07) is 0. The summed E-state index contributed by atoms with van der Waals surface area (Å²) in [5.74, 6) is 2.25. The molecule has 30 valence electrons. The zero-order valence-corrected chi connectivity index (χ0v) is 7.15. The van der Waals surface area contributed by atoms with Gasteiger partial charge >= 0.3 is 0 Å². The molecule has 5 heavy (non-hydrogen) atoms. The normalized spacial score (nSPS) is 2.80. The Labute approximate surface area is 56.0 Å². The molecule has 0 radical (unpaired) electrons. The fraction of sp³-hybridized carbons (Fsp3) is 0.333. The summed E-state index contributed by atoms with van der Waals surface area (Å²) in [7, 11) is 0. The van der Waals surface area contributed by atoms with Crippen molar-refractivity contribution in [1.82, 2.24) is 0 Å². The second-order valence-electron chi connectivity index (χ2n) is 0.289. The van der Waals surface area contributed by atoms with E-state index in [2.05, 4.69) is 49.6 Å². The van der Waals surface area contributed by atoms with E-state index in [4.69, 9.17) is 0 Å². The van der Waals surface area contributed by atoms with E-state index in [1.54, 1.807) is 6.92 Å². The maximum atomic E-state index is 4.60. The molecule has 0 aromatic heterocycles. The van der Waals surface area contributed by atoms with Gasteiger partial charge in [-0.1, -0.05) is 0 Å². The van der Waals surface area contributed by atoms with Crippen LogP contribution in [0.4, 0.5) is 0 Å². The third-order valence-corrected chi connectivity index (χ3v) is 0. The average molecular weight is 294 g/mol. The van der Waals surface area contributed by atoms with Gasteiger partial charge < -0.3 is 0 Å². The molecule has 0 aliphatic rings. The Balaban J connectivity index is 0.